The summed E-state index contributed by atoms with van der Waals surface area (Å²) < 4.78 is 0. The van der Waals surface area contributed by atoms with Crippen LogP contribution in [0.2, 0.25) is 0 Å². The van der Waals surface area contributed by atoms with Gasteiger partial charge in [0.15, 0.2) is 0 Å². The quantitative estimate of drug-likeness (QED) is 0.302. The van der Waals surface area contributed by atoms with Gasteiger partial charge >= 0.3 is 0 Å². The van der Waals surface area contributed by atoms with Crippen LogP contribution < -0.4 is 10.8 Å². The number of hydrogen-bond acceptors (Lipinski definition) is 3. The van der Waals surface area contributed by atoms with Crippen molar-refractivity contribution in [2.24, 2.45) is 0 Å². The van der Waals surface area contributed by atoms with E-state index < -0.39 is 0 Å². The molecule has 0 radical (unpaired) electrons. The molecule has 0 aliphatic heterocycles. The highest BCUT2D eigenvalue weighted by molar-refractivity contribution is 6.02. The first-order valence-electron chi connectivity index (χ1n) is 10.5. The van der Waals surface area contributed by atoms with Gasteiger partial charge in [0.05, 0.1) is 6.61 Å². The summed E-state index contributed by atoms with van der Waals surface area (Å²) in [4.78, 5) is 17.7. The highest BCUT2D eigenvalue weighted by Crippen LogP contribution is 2.23. The van der Waals surface area contributed by atoms with Crippen LogP contribution >= 0.6 is 0 Å². The monoisotopic (exact) mass is 390 g/mol. The largest absolute Gasteiger partial charge is 0.326 e. The van der Waals surface area contributed by atoms with E-state index in [0.29, 0.717) is 13.0 Å². The number of amides is 1. The zero-order valence-corrected chi connectivity index (χ0v) is 16.9. The van der Waals surface area contributed by atoms with E-state index in [1.54, 1.807) is 0 Å². The third-order valence-corrected chi connectivity index (χ3v) is 4.93. The summed E-state index contributed by atoms with van der Waals surface area (Å²) in [5.41, 5.74) is 5.09. The maximum Gasteiger partial charge on any atom is 0.224 e. The van der Waals surface area contributed by atoms with Crippen LogP contribution in [0.5, 0.6) is 0 Å². The fourth-order valence-corrected chi connectivity index (χ4v) is 3.34. The van der Waals surface area contributed by atoms with Crippen LogP contribution in [-0.4, -0.2) is 12.5 Å². The second-order valence-corrected chi connectivity index (χ2v) is 7.26. The van der Waals surface area contributed by atoms with E-state index in [0.717, 1.165) is 55.1 Å². The van der Waals surface area contributed by atoms with Crippen LogP contribution in [0.4, 0.5) is 5.69 Å². The summed E-state index contributed by atoms with van der Waals surface area (Å²) >= 11 is 0. The number of nitrogens with one attached hydrogen (secondary N) is 2. The second kappa shape index (κ2) is 12.0. The Labute approximate surface area is 173 Å². The van der Waals surface area contributed by atoms with Gasteiger partial charge in [-0.25, -0.2) is 5.48 Å². The third kappa shape index (κ3) is 7.33. The average Bonchev–Trinajstić information content (AvgIpc) is 2.76. The number of hydroxylamine groups is 1. The lowest BCUT2D eigenvalue weighted by atomic mass is 10.1. The van der Waals surface area contributed by atoms with Gasteiger partial charge in [0.2, 0.25) is 5.91 Å². The minimum Gasteiger partial charge on any atom is -0.326 e. The molecular weight excluding hydrogens is 360 g/mol. The van der Waals surface area contributed by atoms with Gasteiger partial charge in [-0.2, -0.15) is 0 Å². The number of hydrogen-bond donors (Lipinski definition) is 2. The minimum atomic E-state index is 0.0948. The molecule has 3 aromatic rings. The lowest BCUT2D eigenvalue weighted by molar-refractivity contribution is -0.116. The highest BCUT2D eigenvalue weighted by atomic mass is 16.6. The standard InChI is InChI=1S/C25H30N2O2/c28-25(27-24-17-11-15-22-14-8-9-16-23(22)24)18-7-2-1-3-10-19-26-29-20-21-12-5-4-6-13-21/h4-6,8-9,11-17,26H,1-3,7,10,18-20H2,(H,27,28). The Morgan fingerprint density at radius 2 is 1.48 bits per heavy atom. The zero-order valence-electron chi connectivity index (χ0n) is 16.9. The first-order valence-corrected chi connectivity index (χ1v) is 10.5. The molecule has 0 atom stereocenters. The summed E-state index contributed by atoms with van der Waals surface area (Å²) in [7, 11) is 0. The van der Waals surface area contributed by atoms with Crippen molar-refractivity contribution in [2.45, 2.75) is 45.1 Å². The van der Waals surface area contributed by atoms with Gasteiger partial charge in [-0.15, -0.1) is 0 Å². The molecule has 29 heavy (non-hydrogen) atoms. The number of rotatable bonds is 12. The van der Waals surface area contributed by atoms with Crippen LogP contribution in [0.3, 0.4) is 0 Å². The van der Waals surface area contributed by atoms with Crippen LogP contribution in [0.15, 0.2) is 72.8 Å². The molecule has 0 aliphatic carbocycles. The van der Waals surface area contributed by atoms with E-state index in [1.807, 2.05) is 48.5 Å². The number of anilines is 1. The van der Waals surface area contributed by atoms with Crippen molar-refractivity contribution in [1.82, 2.24) is 5.48 Å². The molecule has 0 saturated heterocycles. The van der Waals surface area contributed by atoms with E-state index in [9.17, 15) is 4.79 Å². The number of carbonyl (C=O) groups is 1. The Hall–Kier alpha value is -2.69. The summed E-state index contributed by atoms with van der Waals surface area (Å²) in [6.07, 6.45) is 5.94. The molecule has 3 rings (SSSR count). The first-order chi connectivity index (χ1) is 14.3. The molecule has 0 saturated carbocycles. The predicted octanol–water partition coefficient (Wildman–Crippen LogP) is 5.84. The normalized spacial score (nSPS) is 10.9. The Kier molecular flexibility index (Phi) is 8.70. The number of unbranched alkanes of at least 4 members (excludes halogenated alkanes) is 4. The Morgan fingerprint density at radius 3 is 2.38 bits per heavy atom. The molecule has 2 N–H and O–H groups in total. The molecule has 0 aromatic heterocycles. The smallest absolute Gasteiger partial charge is 0.224 e. The van der Waals surface area contributed by atoms with Crippen LogP contribution in [-0.2, 0) is 16.2 Å². The summed E-state index contributed by atoms with van der Waals surface area (Å²) in [6.45, 7) is 1.45. The molecule has 0 heterocycles. The van der Waals surface area contributed by atoms with E-state index in [-0.39, 0.29) is 5.91 Å². The maximum absolute atomic E-state index is 12.2. The topological polar surface area (TPSA) is 50.4 Å². The van der Waals surface area contributed by atoms with Crippen molar-refractivity contribution in [3.8, 4) is 0 Å². The first kappa shape index (κ1) is 21.0. The van der Waals surface area contributed by atoms with Gasteiger partial charge in [-0.1, -0.05) is 86.0 Å². The maximum atomic E-state index is 12.2. The Balaban J connectivity index is 1.21. The van der Waals surface area contributed by atoms with E-state index in [1.165, 1.54) is 5.56 Å². The number of carbonyl (C=O) groups excluding carboxylic acids is 1. The van der Waals surface area contributed by atoms with Gasteiger partial charge in [-0.3, -0.25) is 9.63 Å². The lowest BCUT2D eigenvalue weighted by Gasteiger charge is -2.09. The molecule has 0 aliphatic rings. The van der Waals surface area contributed by atoms with Crippen molar-refractivity contribution in [3.63, 3.8) is 0 Å². The summed E-state index contributed by atoms with van der Waals surface area (Å²) in [5.74, 6) is 0.0948. The molecule has 0 fully saturated rings. The molecule has 4 heteroatoms. The highest BCUT2D eigenvalue weighted by Gasteiger charge is 2.05. The van der Waals surface area contributed by atoms with Crippen molar-refractivity contribution < 1.29 is 9.63 Å². The van der Waals surface area contributed by atoms with Crippen molar-refractivity contribution in [3.05, 3.63) is 78.4 Å². The van der Waals surface area contributed by atoms with Gasteiger partial charge in [0.1, 0.15) is 0 Å². The SMILES string of the molecule is O=C(CCCCCCCNOCc1ccccc1)Nc1cccc2ccccc12. The molecule has 152 valence electrons. The van der Waals surface area contributed by atoms with Crippen LogP contribution in [0.1, 0.15) is 44.1 Å². The lowest BCUT2D eigenvalue weighted by Crippen LogP contribution is -2.15. The van der Waals surface area contributed by atoms with Crippen LogP contribution in [0.25, 0.3) is 10.8 Å². The Bertz CT molecular complexity index is 875. The Morgan fingerprint density at radius 1 is 0.759 bits per heavy atom. The summed E-state index contributed by atoms with van der Waals surface area (Å²) in [5, 5.41) is 5.29. The second-order valence-electron chi connectivity index (χ2n) is 7.26. The predicted molar refractivity (Wildman–Crippen MR) is 120 cm³/mol. The average molecular weight is 391 g/mol. The van der Waals surface area contributed by atoms with Crippen molar-refractivity contribution >= 4 is 22.4 Å². The fraction of sp³-hybridized carbons (Fsp3) is 0.320. The molecule has 0 bridgehead atoms. The van der Waals surface area contributed by atoms with Crippen molar-refractivity contribution in [2.75, 3.05) is 11.9 Å². The van der Waals surface area contributed by atoms with Crippen LogP contribution in [0, 0.1) is 0 Å². The van der Waals surface area contributed by atoms with E-state index in [2.05, 4.69) is 35.1 Å². The van der Waals surface area contributed by atoms with Crippen molar-refractivity contribution in [1.29, 1.82) is 0 Å². The van der Waals surface area contributed by atoms with Gasteiger partial charge in [0, 0.05) is 24.0 Å². The third-order valence-electron chi connectivity index (χ3n) is 4.93. The summed E-state index contributed by atoms with van der Waals surface area (Å²) in [6, 6.07) is 24.3. The minimum absolute atomic E-state index is 0.0948. The van der Waals surface area contributed by atoms with Gasteiger partial charge < -0.3 is 5.32 Å². The number of fused-ring (bicyclic) bond motifs is 1. The fourth-order valence-electron chi connectivity index (χ4n) is 3.34. The zero-order chi connectivity index (χ0) is 20.2. The molecular formula is C25H30N2O2. The molecule has 0 spiro atoms. The molecule has 1 amide bonds. The number of benzene rings is 3. The van der Waals surface area contributed by atoms with Gasteiger partial charge in [0.25, 0.3) is 0 Å². The van der Waals surface area contributed by atoms with E-state index in [4.69, 9.17) is 4.84 Å². The molecule has 4 nitrogen and oxygen atoms in total. The van der Waals surface area contributed by atoms with E-state index >= 15 is 0 Å². The molecule has 0 unspecified atom stereocenters. The van der Waals surface area contributed by atoms with Gasteiger partial charge in [-0.05, 0) is 29.9 Å². The molecule has 3 aromatic carbocycles.